The minimum Gasteiger partial charge on any atom is -0.288 e. The van der Waals surface area contributed by atoms with Gasteiger partial charge < -0.3 is 0 Å². The molecule has 1 heterocycles. The lowest BCUT2D eigenvalue weighted by Crippen LogP contribution is -1.89. The molecule has 0 atom stereocenters. The molecule has 0 fully saturated rings. The third-order valence-corrected chi connectivity index (χ3v) is 2.71. The van der Waals surface area contributed by atoms with Crippen LogP contribution in [-0.2, 0) is 4.79 Å². The lowest BCUT2D eigenvalue weighted by molar-refractivity contribution is -0.385. The molecule has 17 heavy (non-hydrogen) atoms. The molecular weight excluding hydrogens is 240 g/mol. The minimum absolute atomic E-state index is 0.0192. The summed E-state index contributed by atoms with van der Waals surface area (Å²) < 4.78 is 0. The van der Waals surface area contributed by atoms with Gasteiger partial charge in [0.25, 0.3) is 5.69 Å². The summed E-state index contributed by atoms with van der Waals surface area (Å²) in [6.07, 6.45) is 5.67. The number of nitrogens with zero attached hydrogens (tertiary/aromatic N) is 2. The van der Waals surface area contributed by atoms with E-state index in [0.717, 1.165) is 12.2 Å². The fourth-order valence-corrected chi connectivity index (χ4v) is 1.62. The van der Waals surface area contributed by atoms with Gasteiger partial charge in [-0.1, -0.05) is 17.8 Å². The highest BCUT2D eigenvalue weighted by molar-refractivity contribution is 8.13. The Hall–Kier alpha value is -1.69. The predicted octanol–water partition coefficient (Wildman–Crippen LogP) is 2.67. The van der Waals surface area contributed by atoms with Gasteiger partial charge >= 0.3 is 0 Å². The van der Waals surface area contributed by atoms with Crippen molar-refractivity contribution in [1.29, 1.82) is 0 Å². The van der Waals surface area contributed by atoms with Crippen molar-refractivity contribution in [2.24, 2.45) is 0 Å². The van der Waals surface area contributed by atoms with E-state index in [2.05, 4.69) is 4.98 Å². The molecule has 0 aromatic carbocycles. The van der Waals surface area contributed by atoms with Crippen LogP contribution in [0.4, 0.5) is 5.69 Å². The van der Waals surface area contributed by atoms with Crippen molar-refractivity contribution in [1.82, 2.24) is 4.98 Å². The van der Waals surface area contributed by atoms with E-state index in [9.17, 15) is 14.9 Å². The van der Waals surface area contributed by atoms with Gasteiger partial charge in [-0.3, -0.25) is 14.9 Å². The van der Waals surface area contributed by atoms with Gasteiger partial charge in [0.1, 0.15) is 6.20 Å². The zero-order chi connectivity index (χ0) is 12.7. The molecule has 0 aliphatic rings. The zero-order valence-electron chi connectivity index (χ0n) is 9.33. The molecular formula is C11H12N2O3S. The lowest BCUT2D eigenvalue weighted by atomic mass is 10.3. The van der Waals surface area contributed by atoms with Gasteiger partial charge in [0.15, 0.2) is 5.12 Å². The largest absolute Gasteiger partial charge is 0.288 e. The molecule has 0 N–H and O–H groups in total. The Kier molecular flexibility index (Phi) is 5.35. The first-order chi connectivity index (χ1) is 8.09. The van der Waals surface area contributed by atoms with Crippen molar-refractivity contribution < 1.29 is 9.72 Å². The Morgan fingerprint density at radius 1 is 1.59 bits per heavy atom. The predicted molar refractivity (Wildman–Crippen MR) is 67.7 cm³/mol. The quantitative estimate of drug-likeness (QED) is 0.457. The molecule has 0 spiro atoms. The van der Waals surface area contributed by atoms with Crippen molar-refractivity contribution in [3.05, 3.63) is 40.2 Å². The molecule has 1 aromatic rings. The van der Waals surface area contributed by atoms with E-state index in [1.807, 2.05) is 6.08 Å². The smallest absolute Gasteiger partial charge is 0.287 e. The molecule has 0 radical (unpaired) electrons. The van der Waals surface area contributed by atoms with E-state index in [4.69, 9.17) is 0 Å². The molecule has 1 aromatic heterocycles. The number of carbonyl (C=O) groups is 1. The van der Waals surface area contributed by atoms with Crippen LogP contribution in [0.3, 0.4) is 0 Å². The van der Waals surface area contributed by atoms with E-state index in [0.29, 0.717) is 5.69 Å². The van der Waals surface area contributed by atoms with E-state index in [1.54, 1.807) is 12.1 Å². The Labute approximate surface area is 103 Å². The molecule has 0 aliphatic carbocycles. The average Bonchev–Trinajstić information content (AvgIpc) is 2.29. The molecule has 0 saturated heterocycles. The van der Waals surface area contributed by atoms with Gasteiger partial charge in [-0.15, -0.1) is 0 Å². The number of hydrogen-bond donors (Lipinski definition) is 0. The summed E-state index contributed by atoms with van der Waals surface area (Å²) in [5.41, 5.74) is 0.651. The Morgan fingerprint density at radius 2 is 2.35 bits per heavy atom. The van der Waals surface area contributed by atoms with E-state index >= 15 is 0 Å². The summed E-state index contributed by atoms with van der Waals surface area (Å²) in [7, 11) is 0. The number of thioether (sulfide) groups is 1. The monoisotopic (exact) mass is 252 g/mol. The molecule has 6 heteroatoms. The van der Waals surface area contributed by atoms with Crippen LogP contribution in [0.15, 0.2) is 24.4 Å². The Balaban J connectivity index is 2.43. The van der Waals surface area contributed by atoms with Crippen LogP contribution in [-0.4, -0.2) is 20.8 Å². The normalized spacial score (nSPS) is 10.6. The van der Waals surface area contributed by atoms with Crippen LogP contribution in [0.1, 0.15) is 19.0 Å². The van der Waals surface area contributed by atoms with Crippen LogP contribution in [0.5, 0.6) is 0 Å². The number of carbonyl (C=O) groups excluding carboxylic acids is 1. The number of nitro groups is 1. The van der Waals surface area contributed by atoms with E-state index in [-0.39, 0.29) is 10.8 Å². The second-order valence-corrected chi connectivity index (χ2v) is 4.50. The molecule has 0 unspecified atom stereocenters. The first-order valence-corrected chi connectivity index (χ1v) is 5.98. The standard InChI is InChI=1S/C11H12N2O3S/c1-9(14)17-7-3-2-4-10-5-6-11(8-12-10)13(15)16/h2,4-6,8H,3,7H2,1H3. The van der Waals surface area contributed by atoms with E-state index < -0.39 is 4.92 Å². The SMILES string of the molecule is CC(=O)SCCC=Cc1ccc([N+](=O)[O-])cn1. The van der Waals surface area contributed by atoms with Gasteiger partial charge in [-0.05, 0) is 18.6 Å². The van der Waals surface area contributed by atoms with Crippen LogP contribution in [0, 0.1) is 10.1 Å². The van der Waals surface area contributed by atoms with Crippen molar-refractivity contribution in [3.63, 3.8) is 0 Å². The maximum absolute atomic E-state index is 10.6. The van der Waals surface area contributed by atoms with Crippen LogP contribution in [0.2, 0.25) is 0 Å². The fraction of sp³-hybridized carbons (Fsp3) is 0.273. The highest BCUT2D eigenvalue weighted by atomic mass is 32.2. The molecule has 0 bridgehead atoms. The van der Waals surface area contributed by atoms with Crippen molar-refractivity contribution >= 4 is 28.6 Å². The maximum atomic E-state index is 10.6. The van der Waals surface area contributed by atoms with Crippen LogP contribution in [0.25, 0.3) is 6.08 Å². The summed E-state index contributed by atoms with van der Waals surface area (Å²) in [6.45, 7) is 1.53. The zero-order valence-corrected chi connectivity index (χ0v) is 10.1. The average molecular weight is 252 g/mol. The van der Waals surface area contributed by atoms with Gasteiger partial charge in [-0.25, -0.2) is 4.98 Å². The van der Waals surface area contributed by atoms with Crippen LogP contribution < -0.4 is 0 Å². The third kappa shape index (κ3) is 5.26. The number of allylic oxidation sites excluding steroid dienone is 1. The van der Waals surface area contributed by atoms with Crippen LogP contribution >= 0.6 is 11.8 Å². The third-order valence-electron chi connectivity index (χ3n) is 1.86. The molecule has 1 rings (SSSR count). The highest BCUT2D eigenvalue weighted by Crippen LogP contribution is 2.10. The summed E-state index contributed by atoms with van der Waals surface area (Å²) in [5.74, 6) is 0.735. The number of hydrogen-bond acceptors (Lipinski definition) is 5. The van der Waals surface area contributed by atoms with Crippen molar-refractivity contribution in [2.75, 3.05) is 5.75 Å². The number of rotatable bonds is 5. The van der Waals surface area contributed by atoms with Crippen molar-refractivity contribution in [3.8, 4) is 0 Å². The molecule has 5 nitrogen and oxygen atoms in total. The summed E-state index contributed by atoms with van der Waals surface area (Å²) in [4.78, 5) is 24.5. The first kappa shape index (κ1) is 13.4. The topological polar surface area (TPSA) is 73.1 Å². The Morgan fingerprint density at radius 3 is 2.88 bits per heavy atom. The maximum Gasteiger partial charge on any atom is 0.287 e. The highest BCUT2D eigenvalue weighted by Gasteiger charge is 2.03. The lowest BCUT2D eigenvalue weighted by Gasteiger charge is -1.93. The molecule has 0 saturated carbocycles. The van der Waals surface area contributed by atoms with Gasteiger partial charge in [-0.2, -0.15) is 0 Å². The van der Waals surface area contributed by atoms with Gasteiger partial charge in [0.2, 0.25) is 0 Å². The fourth-order valence-electron chi connectivity index (χ4n) is 1.08. The second-order valence-electron chi connectivity index (χ2n) is 3.23. The summed E-state index contributed by atoms with van der Waals surface area (Å²) in [5, 5.41) is 10.5. The minimum atomic E-state index is -0.482. The molecule has 0 aliphatic heterocycles. The summed E-state index contributed by atoms with van der Waals surface area (Å²) >= 11 is 1.27. The number of aromatic nitrogens is 1. The van der Waals surface area contributed by atoms with Gasteiger partial charge in [0.05, 0.1) is 10.6 Å². The number of pyridine rings is 1. The molecule has 90 valence electrons. The molecule has 0 amide bonds. The summed E-state index contributed by atoms with van der Waals surface area (Å²) in [6, 6.07) is 3.00. The Bertz CT molecular complexity index is 429. The van der Waals surface area contributed by atoms with E-state index in [1.165, 1.54) is 30.9 Å². The first-order valence-electron chi connectivity index (χ1n) is 5.00. The van der Waals surface area contributed by atoms with Gasteiger partial charge in [0, 0.05) is 18.7 Å². The second kappa shape index (κ2) is 6.80. The van der Waals surface area contributed by atoms with Crippen molar-refractivity contribution in [2.45, 2.75) is 13.3 Å².